The van der Waals surface area contributed by atoms with Gasteiger partial charge in [0.1, 0.15) is 5.78 Å². The minimum atomic E-state index is -0.0474. The Labute approximate surface area is 131 Å². The highest BCUT2D eigenvalue weighted by Gasteiger charge is 2.19. The Morgan fingerprint density at radius 2 is 1.95 bits per heavy atom. The molecule has 0 radical (unpaired) electrons. The molecule has 1 atom stereocenters. The lowest BCUT2D eigenvalue weighted by Gasteiger charge is -2.18. The maximum absolute atomic E-state index is 12.5. The van der Waals surface area contributed by atoms with Gasteiger partial charge in [-0.1, -0.05) is 27.7 Å². The summed E-state index contributed by atoms with van der Waals surface area (Å²) >= 11 is 0. The second-order valence-corrected chi connectivity index (χ2v) is 7.37. The van der Waals surface area contributed by atoms with Crippen LogP contribution in [0.1, 0.15) is 52.7 Å². The maximum Gasteiger partial charge on any atom is 0.330 e. The highest BCUT2D eigenvalue weighted by Crippen LogP contribution is 2.22. The highest BCUT2D eigenvalue weighted by atomic mass is 16.1. The smallest absolute Gasteiger partial charge is 0.300 e. The lowest BCUT2D eigenvalue weighted by Crippen LogP contribution is -2.27. The van der Waals surface area contributed by atoms with Crippen molar-refractivity contribution in [3.8, 4) is 0 Å². The van der Waals surface area contributed by atoms with Gasteiger partial charge < -0.3 is 4.79 Å². The molecule has 120 valence electrons. The third kappa shape index (κ3) is 3.29. The van der Waals surface area contributed by atoms with Gasteiger partial charge >= 0.3 is 5.69 Å². The number of fused-ring (bicyclic) bond motifs is 1. The molecule has 0 spiro atoms. The first kappa shape index (κ1) is 16.5. The van der Waals surface area contributed by atoms with Crippen LogP contribution in [0.2, 0.25) is 0 Å². The van der Waals surface area contributed by atoms with Gasteiger partial charge in [-0.25, -0.2) is 9.78 Å². The topological polar surface area (TPSA) is 56.9 Å². The molecule has 5 heteroatoms. The Bertz CT molecular complexity index is 763. The number of Topliss-reactive ketones (excluding diaryl/α,β-unsaturated/α-hetero) is 1. The molecule has 0 bridgehead atoms. The average Bonchev–Trinajstić information content (AvgIpc) is 2.61. The SMILES string of the molecule is CC(=O)C[C@H](C)c1ccc2c(n1)n(C)c(=O)n2CC(C)(C)C. The lowest BCUT2D eigenvalue weighted by molar-refractivity contribution is -0.117. The molecule has 22 heavy (non-hydrogen) atoms. The van der Waals surface area contributed by atoms with Crippen molar-refractivity contribution in [3.05, 3.63) is 28.3 Å². The molecule has 2 aromatic heterocycles. The number of rotatable bonds is 4. The van der Waals surface area contributed by atoms with Crippen LogP contribution < -0.4 is 5.69 Å². The van der Waals surface area contributed by atoms with Crippen LogP contribution in [-0.4, -0.2) is 19.9 Å². The molecule has 5 nitrogen and oxygen atoms in total. The van der Waals surface area contributed by atoms with Gasteiger partial charge in [0.25, 0.3) is 0 Å². The number of ketones is 1. The van der Waals surface area contributed by atoms with Crippen molar-refractivity contribution in [1.82, 2.24) is 14.1 Å². The molecule has 0 aliphatic rings. The first-order valence-electron chi connectivity index (χ1n) is 7.66. The molecule has 2 heterocycles. The first-order valence-corrected chi connectivity index (χ1v) is 7.66. The average molecular weight is 303 g/mol. The number of imidazole rings is 1. The standard InChI is InChI=1S/C17H25N3O2/c1-11(9-12(2)21)13-7-8-14-15(18-13)19(6)16(22)20(14)10-17(3,4)5/h7-8,11H,9-10H2,1-6H3/t11-/m0/s1. The largest absolute Gasteiger partial charge is 0.330 e. The van der Waals surface area contributed by atoms with Crippen LogP contribution in [0.4, 0.5) is 0 Å². The number of aryl methyl sites for hydroxylation is 1. The van der Waals surface area contributed by atoms with Crippen LogP contribution in [0.3, 0.4) is 0 Å². The summed E-state index contributed by atoms with van der Waals surface area (Å²) in [5.41, 5.74) is 2.35. The number of carbonyl (C=O) groups excluding carboxylic acids is 1. The molecule has 0 unspecified atom stereocenters. The second-order valence-electron chi connectivity index (χ2n) is 7.37. The van der Waals surface area contributed by atoms with Crippen molar-refractivity contribution in [2.75, 3.05) is 0 Å². The summed E-state index contributed by atoms with van der Waals surface area (Å²) in [5.74, 6) is 0.205. The van der Waals surface area contributed by atoms with Crippen molar-refractivity contribution < 1.29 is 4.79 Å². The molecule has 0 saturated carbocycles. The van der Waals surface area contributed by atoms with Gasteiger partial charge in [0, 0.05) is 31.6 Å². The minimum absolute atomic E-state index is 0.0126. The Hall–Kier alpha value is -1.91. The molecular weight excluding hydrogens is 278 g/mol. The van der Waals surface area contributed by atoms with E-state index in [1.54, 1.807) is 23.1 Å². The van der Waals surface area contributed by atoms with Gasteiger partial charge in [-0.2, -0.15) is 0 Å². The van der Waals surface area contributed by atoms with E-state index >= 15 is 0 Å². The van der Waals surface area contributed by atoms with Crippen molar-refractivity contribution in [2.24, 2.45) is 12.5 Å². The van der Waals surface area contributed by atoms with E-state index in [0.29, 0.717) is 18.6 Å². The number of aromatic nitrogens is 3. The fourth-order valence-corrected chi connectivity index (χ4v) is 2.73. The first-order chi connectivity index (χ1) is 10.1. The fraction of sp³-hybridized carbons (Fsp3) is 0.588. The van der Waals surface area contributed by atoms with E-state index in [1.807, 2.05) is 19.1 Å². The predicted molar refractivity (Wildman–Crippen MR) is 88.1 cm³/mol. The van der Waals surface area contributed by atoms with Crippen LogP contribution in [0, 0.1) is 5.41 Å². The highest BCUT2D eigenvalue weighted by molar-refractivity contribution is 5.76. The van der Waals surface area contributed by atoms with Crippen LogP contribution in [0.25, 0.3) is 11.2 Å². The zero-order valence-electron chi connectivity index (χ0n) is 14.3. The van der Waals surface area contributed by atoms with Gasteiger partial charge in [-0.3, -0.25) is 9.13 Å². The molecule has 2 aromatic rings. The van der Waals surface area contributed by atoms with E-state index in [0.717, 1.165) is 11.2 Å². The minimum Gasteiger partial charge on any atom is -0.300 e. The third-order valence-electron chi connectivity index (χ3n) is 3.73. The molecule has 0 N–H and O–H groups in total. The van der Waals surface area contributed by atoms with E-state index in [-0.39, 0.29) is 22.8 Å². The monoisotopic (exact) mass is 303 g/mol. The summed E-state index contributed by atoms with van der Waals surface area (Å²) in [6.07, 6.45) is 0.467. The zero-order chi connectivity index (χ0) is 16.7. The van der Waals surface area contributed by atoms with E-state index in [2.05, 4.69) is 25.8 Å². The fourth-order valence-electron chi connectivity index (χ4n) is 2.73. The molecule has 0 aromatic carbocycles. The van der Waals surface area contributed by atoms with Gasteiger partial charge in [0.2, 0.25) is 0 Å². The number of hydrogen-bond acceptors (Lipinski definition) is 3. The maximum atomic E-state index is 12.5. The molecule has 0 amide bonds. The molecular formula is C17H25N3O2. The molecule has 0 fully saturated rings. The molecule has 2 rings (SSSR count). The summed E-state index contributed by atoms with van der Waals surface area (Å²) in [5, 5.41) is 0. The normalized spacial score (nSPS) is 13.5. The van der Waals surface area contributed by atoms with Crippen molar-refractivity contribution in [3.63, 3.8) is 0 Å². The Balaban J connectivity index is 2.53. The molecule has 0 saturated heterocycles. The van der Waals surface area contributed by atoms with E-state index in [4.69, 9.17) is 0 Å². The van der Waals surface area contributed by atoms with Crippen LogP contribution in [0.15, 0.2) is 16.9 Å². The Morgan fingerprint density at radius 3 is 2.50 bits per heavy atom. The van der Waals surface area contributed by atoms with Crippen molar-refractivity contribution in [2.45, 2.75) is 53.5 Å². The van der Waals surface area contributed by atoms with Crippen molar-refractivity contribution >= 4 is 16.9 Å². The van der Waals surface area contributed by atoms with Gasteiger partial charge in [-0.05, 0) is 24.5 Å². The quantitative estimate of drug-likeness (QED) is 0.872. The molecule has 0 aliphatic heterocycles. The summed E-state index contributed by atoms with van der Waals surface area (Å²) in [7, 11) is 1.75. The second kappa shape index (κ2) is 5.71. The molecule has 0 aliphatic carbocycles. The van der Waals surface area contributed by atoms with Gasteiger partial charge in [0.15, 0.2) is 5.65 Å². The Kier molecular flexibility index (Phi) is 4.27. The number of hydrogen-bond donors (Lipinski definition) is 0. The predicted octanol–water partition coefficient (Wildman–Crippen LogP) is 2.86. The van der Waals surface area contributed by atoms with E-state index < -0.39 is 0 Å². The van der Waals surface area contributed by atoms with Crippen LogP contribution in [-0.2, 0) is 18.4 Å². The van der Waals surface area contributed by atoms with Crippen molar-refractivity contribution in [1.29, 1.82) is 0 Å². The lowest BCUT2D eigenvalue weighted by atomic mass is 9.97. The number of nitrogens with zero attached hydrogens (tertiary/aromatic N) is 3. The van der Waals surface area contributed by atoms with E-state index in [9.17, 15) is 9.59 Å². The number of carbonyl (C=O) groups is 1. The van der Waals surface area contributed by atoms with Crippen LogP contribution in [0.5, 0.6) is 0 Å². The van der Waals surface area contributed by atoms with Gasteiger partial charge in [0.05, 0.1) is 5.52 Å². The van der Waals surface area contributed by atoms with Gasteiger partial charge in [-0.15, -0.1) is 0 Å². The van der Waals surface area contributed by atoms with Crippen LogP contribution >= 0.6 is 0 Å². The summed E-state index contributed by atoms with van der Waals surface area (Å²) in [6, 6.07) is 3.87. The summed E-state index contributed by atoms with van der Waals surface area (Å²) < 4.78 is 3.37. The Morgan fingerprint density at radius 1 is 1.32 bits per heavy atom. The van der Waals surface area contributed by atoms with E-state index in [1.165, 1.54) is 0 Å². The number of pyridine rings is 1. The third-order valence-corrected chi connectivity index (χ3v) is 3.73. The zero-order valence-corrected chi connectivity index (χ0v) is 14.3. The summed E-state index contributed by atoms with van der Waals surface area (Å²) in [4.78, 5) is 28.4. The summed E-state index contributed by atoms with van der Waals surface area (Å²) in [6.45, 7) is 10.5.